The smallest absolute Gasteiger partial charge is 0.333 e. The Hall–Kier alpha value is -2.13. The van der Waals surface area contributed by atoms with Crippen molar-refractivity contribution in [1.29, 1.82) is 0 Å². The summed E-state index contributed by atoms with van der Waals surface area (Å²) in [6, 6.07) is 13.9. The zero-order chi connectivity index (χ0) is 14.5. The molecule has 0 saturated heterocycles. The highest BCUT2D eigenvalue weighted by molar-refractivity contribution is 5.89. The van der Waals surface area contributed by atoms with Crippen LogP contribution >= 0.6 is 0 Å². The number of hydrogen-bond acceptors (Lipinski definition) is 3. The van der Waals surface area contributed by atoms with Gasteiger partial charge in [-0.3, -0.25) is 0 Å². The third kappa shape index (κ3) is 3.06. The van der Waals surface area contributed by atoms with Crippen LogP contribution in [-0.2, 0) is 14.3 Å². The van der Waals surface area contributed by atoms with Crippen molar-refractivity contribution >= 4 is 16.7 Å². The highest BCUT2D eigenvalue weighted by Gasteiger charge is 2.19. The molecule has 0 aliphatic rings. The topological polar surface area (TPSA) is 35.5 Å². The van der Waals surface area contributed by atoms with Crippen LogP contribution in [0.1, 0.15) is 18.6 Å². The first kappa shape index (κ1) is 14.3. The average Bonchev–Trinajstić information content (AvgIpc) is 2.46. The Morgan fingerprint density at radius 1 is 1.20 bits per heavy atom. The highest BCUT2D eigenvalue weighted by atomic mass is 16.6. The van der Waals surface area contributed by atoms with Gasteiger partial charge in [-0.05, 0) is 17.7 Å². The quantitative estimate of drug-likeness (QED) is 0.614. The summed E-state index contributed by atoms with van der Waals surface area (Å²) in [6.07, 6.45) is -0.435. The molecule has 0 aliphatic heterocycles. The van der Waals surface area contributed by atoms with Crippen molar-refractivity contribution in [1.82, 2.24) is 0 Å². The maximum Gasteiger partial charge on any atom is 0.333 e. The van der Waals surface area contributed by atoms with Crippen LogP contribution in [0.3, 0.4) is 0 Å². The molecule has 0 radical (unpaired) electrons. The predicted octanol–water partition coefficient (Wildman–Crippen LogP) is 3.65. The zero-order valence-electron chi connectivity index (χ0n) is 11.8. The second-order valence-electron chi connectivity index (χ2n) is 4.70. The van der Waals surface area contributed by atoms with Crippen LogP contribution < -0.4 is 0 Å². The van der Waals surface area contributed by atoms with Gasteiger partial charge in [-0.1, -0.05) is 49.0 Å². The van der Waals surface area contributed by atoms with Gasteiger partial charge in [0.05, 0.1) is 6.61 Å². The van der Waals surface area contributed by atoms with Gasteiger partial charge < -0.3 is 9.47 Å². The molecule has 0 fully saturated rings. The standard InChI is InChI=1S/C17H18O3/c1-12(2)17(18)20-16(11-19-3)15-10-6-8-13-7-4-5-9-14(13)15/h4-10,16H,1,11H2,2-3H3. The molecule has 0 bridgehead atoms. The average molecular weight is 270 g/mol. The highest BCUT2D eigenvalue weighted by Crippen LogP contribution is 2.27. The minimum atomic E-state index is -0.435. The summed E-state index contributed by atoms with van der Waals surface area (Å²) < 4.78 is 10.7. The third-order valence-electron chi connectivity index (χ3n) is 3.09. The van der Waals surface area contributed by atoms with E-state index in [0.29, 0.717) is 12.2 Å². The first-order valence-electron chi connectivity index (χ1n) is 6.46. The molecular weight excluding hydrogens is 252 g/mol. The normalized spacial score (nSPS) is 12.1. The Labute approximate surface area is 118 Å². The van der Waals surface area contributed by atoms with Gasteiger partial charge in [0.25, 0.3) is 0 Å². The van der Waals surface area contributed by atoms with Crippen LogP contribution in [0.2, 0.25) is 0 Å². The van der Waals surface area contributed by atoms with Crippen LogP contribution in [0.15, 0.2) is 54.6 Å². The fourth-order valence-corrected chi connectivity index (χ4v) is 2.10. The number of rotatable bonds is 5. The molecule has 0 N–H and O–H groups in total. The molecule has 0 saturated carbocycles. The van der Waals surface area contributed by atoms with Gasteiger partial charge in [0.15, 0.2) is 6.10 Å². The van der Waals surface area contributed by atoms with Crippen molar-refractivity contribution in [3.05, 3.63) is 60.2 Å². The van der Waals surface area contributed by atoms with Gasteiger partial charge in [0, 0.05) is 18.2 Å². The van der Waals surface area contributed by atoms with Crippen LogP contribution in [0, 0.1) is 0 Å². The Morgan fingerprint density at radius 3 is 2.60 bits per heavy atom. The summed E-state index contributed by atoms with van der Waals surface area (Å²) in [6.45, 7) is 5.56. The lowest BCUT2D eigenvalue weighted by Gasteiger charge is -2.19. The number of esters is 1. The number of hydrogen-bond donors (Lipinski definition) is 0. The van der Waals surface area contributed by atoms with E-state index in [2.05, 4.69) is 6.58 Å². The SMILES string of the molecule is C=C(C)C(=O)OC(COC)c1cccc2ccccc12. The Bertz CT molecular complexity index is 626. The molecule has 0 heterocycles. The molecule has 2 aromatic rings. The molecule has 1 unspecified atom stereocenters. The van der Waals surface area contributed by atoms with E-state index in [1.54, 1.807) is 14.0 Å². The summed E-state index contributed by atoms with van der Waals surface area (Å²) >= 11 is 0. The lowest BCUT2D eigenvalue weighted by Crippen LogP contribution is -2.16. The second kappa shape index (κ2) is 6.35. The van der Waals surface area contributed by atoms with Crippen LogP contribution in [-0.4, -0.2) is 19.7 Å². The molecule has 0 aliphatic carbocycles. The third-order valence-corrected chi connectivity index (χ3v) is 3.09. The molecule has 3 heteroatoms. The van der Waals surface area contributed by atoms with Crippen LogP contribution in [0.4, 0.5) is 0 Å². The largest absolute Gasteiger partial charge is 0.452 e. The molecule has 3 nitrogen and oxygen atoms in total. The van der Waals surface area contributed by atoms with Crippen molar-refractivity contribution in [3.63, 3.8) is 0 Å². The van der Waals surface area contributed by atoms with Gasteiger partial charge in [-0.15, -0.1) is 0 Å². The van der Waals surface area contributed by atoms with Crippen LogP contribution in [0.5, 0.6) is 0 Å². The van der Waals surface area contributed by atoms with E-state index in [1.165, 1.54) is 0 Å². The number of ether oxygens (including phenoxy) is 2. The van der Waals surface area contributed by atoms with Crippen molar-refractivity contribution in [2.45, 2.75) is 13.0 Å². The van der Waals surface area contributed by atoms with E-state index in [9.17, 15) is 4.79 Å². The lowest BCUT2D eigenvalue weighted by atomic mass is 10.0. The van der Waals surface area contributed by atoms with E-state index in [0.717, 1.165) is 16.3 Å². The maximum atomic E-state index is 11.8. The van der Waals surface area contributed by atoms with E-state index in [-0.39, 0.29) is 0 Å². The number of carbonyl (C=O) groups is 1. The molecule has 2 rings (SSSR count). The number of carbonyl (C=O) groups excluding carboxylic acids is 1. The van der Waals surface area contributed by atoms with Crippen molar-refractivity contribution in [2.24, 2.45) is 0 Å². The summed E-state index contributed by atoms with van der Waals surface area (Å²) in [5.41, 5.74) is 1.32. The minimum absolute atomic E-state index is 0.313. The van der Waals surface area contributed by atoms with Crippen LogP contribution in [0.25, 0.3) is 10.8 Å². The molecule has 2 aromatic carbocycles. The molecular formula is C17H18O3. The van der Waals surface area contributed by atoms with Gasteiger partial charge >= 0.3 is 5.97 Å². The van der Waals surface area contributed by atoms with E-state index < -0.39 is 12.1 Å². The first-order valence-corrected chi connectivity index (χ1v) is 6.46. The summed E-state index contributed by atoms with van der Waals surface area (Å²) in [4.78, 5) is 11.8. The van der Waals surface area contributed by atoms with Gasteiger partial charge in [-0.25, -0.2) is 4.79 Å². The number of benzene rings is 2. The van der Waals surface area contributed by atoms with Gasteiger partial charge in [0.2, 0.25) is 0 Å². The molecule has 1 atom stereocenters. The predicted molar refractivity (Wildman–Crippen MR) is 79.5 cm³/mol. The molecule has 20 heavy (non-hydrogen) atoms. The van der Waals surface area contributed by atoms with Crippen molar-refractivity contribution in [2.75, 3.05) is 13.7 Å². The van der Waals surface area contributed by atoms with Crippen molar-refractivity contribution < 1.29 is 14.3 Å². The molecule has 0 amide bonds. The fraction of sp³-hybridized carbons (Fsp3) is 0.235. The molecule has 0 spiro atoms. The summed E-state index contributed by atoms with van der Waals surface area (Å²) in [7, 11) is 1.59. The van der Waals surface area contributed by atoms with Gasteiger partial charge in [-0.2, -0.15) is 0 Å². The Kier molecular flexibility index (Phi) is 4.53. The first-order chi connectivity index (χ1) is 9.63. The van der Waals surface area contributed by atoms with Crippen molar-refractivity contribution in [3.8, 4) is 0 Å². The number of fused-ring (bicyclic) bond motifs is 1. The maximum absolute atomic E-state index is 11.8. The Balaban J connectivity index is 2.41. The molecule has 0 aromatic heterocycles. The van der Waals surface area contributed by atoms with Gasteiger partial charge in [0.1, 0.15) is 0 Å². The summed E-state index contributed by atoms with van der Waals surface area (Å²) in [5, 5.41) is 2.17. The number of methoxy groups -OCH3 is 1. The van der Waals surface area contributed by atoms with E-state index in [1.807, 2.05) is 42.5 Å². The minimum Gasteiger partial charge on any atom is -0.452 e. The fourth-order valence-electron chi connectivity index (χ4n) is 2.10. The Morgan fingerprint density at radius 2 is 1.90 bits per heavy atom. The lowest BCUT2D eigenvalue weighted by molar-refractivity contribution is -0.147. The zero-order valence-corrected chi connectivity index (χ0v) is 11.8. The monoisotopic (exact) mass is 270 g/mol. The molecule has 104 valence electrons. The van der Waals surface area contributed by atoms with E-state index in [4.69, 9.17) is 9.47 Å². The summed E-state index contributed by atoms with van der Waals surface area (Å²) in [5.74, 6) is -0.403. The second-order valence-corrected chi connectivity index (χ2v) is 4.70. The van der Waals surface area contributed by atoms with E-state index >= 15 is 0 Å².